The SMILES string of the molecule is CN(C(=O)Cc1csc(-c2ccc(F)cc2)n1)c1ccccc1. The van der Waals surface area contributed by atoms with Crippen molar-refractivity contribution < 1.29 is 9.18 Å². The highest BCUT2D eigenvalue weighted by molar-refractivity contribution is 7.13. The van der Waals surface area contributed by atoms with E-state index in [1.54, 1.807) is 24.1 Å². The number of carbonyl (C=O) groups excluding carboxylic acids is 1. The van der Waals surface area contributed by atoms with Crippen LogP contribution < -0.4 is 4.90 Å². The summed E-state index contributed by atoms with van der Waals surface area (Å²) in [6.07, 6.45) is 0.239. The zero-order chi connectivity index (χ0) is 16.2. The summed E-state index contributed by atoms with van der Waals surface area (Å²) in [4.78, 5) is 18.4. The first-order valence-electron chi connectivity index (χ1n) is 7.15. The standard InChI is InChI=1S/C18H15FN2OS/c1-21(16-5-3-2-4-6-16)17(22)11-15-12-23-18(20-15)13-7-9-14(19)10-8-13/h2-10,12H,11H2,1H3. The number of benzene rings is 2. The molecule has 0 unspecified atom stereocenters. The number of amides is 1. The predicted molar refractivity (Wildman–Crippen MR) is 91.1 cm³/mol. The Morgan fingerprint density at radius 1 is 1.13 bits per heavy atom. The topological polar surface area (TPSA) is 33.2 Å². The van der Waals surface area contributed by atoms with Crippen LogP contribution in [0.5, 0.6) is 0 Å². The molecule has 0 N–H and O–H groups in total. The number of likely N-dealkylation sites (N-methyl/N-ethyl adjacent to an activating group) is 1. The maximum Gasteiger partial charge on any atom is 0.232 e. The van der Waals surface area contributed by atoms with Gasteiger partial charge in [0.1, 0.15) is 10.8 Å². The number of aromatic nitrogens is 1. The minimum absolute atomic E-state index is 0.0212. The van der Waals surface area contributed by atoms with E-state index in [0.29, 0.717) is 0 Å². The van der Waals surface area contributed by atoms with E-state index in [0.717, 1.165) is 22.0 Å². The Bertz CT molecular complexity index is 799. The van der Waals surface area contributed by atoms with Crippen LogP contribution in [0.15, 0.2) is 60.0 Å². The fraction of sp³-hybridized carbons (Fsp3) is 0.111. The molecule has 0 atom stereocenters. The molecular formula is C18H15FN2OS. The minimum atomic E-state index is -0.273. The highest BCUT2D eigenvalue weighted by atomic mass is 32.1. The third kappa shape index (κ3) is 3.63. The number of anilines is 1. The first-order chi connectivity index (χ1) is 11.1. The van der Waals surface area contributed by atoms with Crippen molar-refractivity contribution in [1.82, 2.24) is 4.98 Å². The Balaban J connectivity index is 1.71. The average molecular weight is 326 g/mol. The van der Waals surface area contributed by atoms with Crippen molar-refractivity contribution >= 4 is 22.9 Å². The van der Waals surface area contributed by atoms with Crippen LogP contribution >= 0.6 is 11.3 Å². The van der Waals surface area contributed by atoms with Gasteiger partial charge in [-0.1, -0.05) is 18.2 Å². The van der Waals surface area contributed by atoms with Gasteiger partial charge in [-0.15, -0.1) is 11.3 Å². The van der Waals surface area contributed by atoms with E-state index in [1.165, 1.54) is 23.5 Å². The average Bonchev–Trinajstić information content (AvgIpc) is 3.04. The molecule has 0 aliphatic rings. The number of carbonyl (C=O) groups is 1. The molecule has 0 spiro atoms. The van der Waals surface area contributed by atoms with Crippen molar-refractivity contribution in [3.05, 3.63) is 71.5 Å². The highest BCUT2D eigenvalue weighted by Gasteiger charge is 2.14. The summed E-state index contributed by atoms with van der Waals surface area (Å²) >= 11 is 1.45. The van der Waals surface area contributed by atoms with Crippen molar-refractivity contribution in [2.75, 3.05) is 11.9 Å². The third-order valence-corrected chi connectivity index (χ3v) is 4.43. The van der Waals surface area contributed by atoms with Crippen molar-refractivity contribution in [2.45, 2.75) is 6.42 Å². The number of thiazole rings is 1. The lowest BCUT2D eigenvalue weighted by Gasteiger charge is -2.16. The zero-order valence-electron chi connectivity index (χ0n) is 12.6. The quantitative estimate of drug-likeness (QED) is 0.721. The van der Waals surface area contributed by atoms with Crippen LogP contribution in [0.3, 0.4) is 0 Å². The van der Waals surface area contributed by atoms with Crippen LogP contribution in [0, 0.1) is 5.82 Å². The van der Waals surface area contributed by atoms with Gasteiger partial charge < -0.3 is 4.90 Å². The molecule has 0 radical (unpaired) electrons. The normalized spacial score (nSPS) is 10.5. The first-order valence-corrected chi connectivity index (χ1v) is 8.03. The Hall–Kier alpha value is -2.53. The van der Waals surface area contributed by atoms with Gasteiger partial charge in [-0.05, 0) is 36.4 Å². The molecule has 0 fully saturated rings. The number of rotatable bonds is 4. The molecule has 1 amide bonds. The van der Waals surface area contributed by atoms with Gasteiger partial charge >= 0.3 is 0 Å². The fourth-order valence-corrected chi connectivity index (χ4v) is 3.01. The summed E-state index contributed by atoms with van der Waals surface area (Å²) in [6, 6.07) is 15.7. The van der Waals surface area contributed by atoms with Crippen LogP contribution in [0.1, 0.15) is 5.69 Å². The van der Waals surface area contributed by atoms with E-state index < -0.39 is 0 Å². The van der Waals surface area contributed by atoms with E-state index in [-0.39, 0.29) is 18.1 Å². The van der Waals surface area contributed by atoms with Gasteiger partial charge in [0, 0.05) is 23.7 Å². The molecule has 116 valence electrons. The molecule has 2 aromatic carbocycles. The Morgan fingerprint density at radius 3 is 2.52 bits per heavy atom. The van der Waals surface area contributed by atoms with Crippen molar-refractivity contribution in [1.29, 1.82) is 0 Å². The van der Waals surface area contributed by atoms with E-state index in [9.17, 15) is 9.18 Å². The van der Waals surface area contributed by atoms with Gasteiger partial charge in [-0.3, -0.25) is 4.79 Å². The maximum atomic E-state index is 13.0. The second-order valence-corrected chi connectivity index (χ2v) is 5.97. The Labute approximate surface area is 138 Å². The fourth-order valence-electron chi connectivity index (χ4n) is 2.18. The minimum Gasteiger partial charge on any atom is -0.315 e. The Morgan fingerprint density at radius 2 is 1.83 bits per heavy atom. The van der Waals surface area contributed by atoms with Crippen molar-refractivity contribution in [3.8, 4) is 10.6 Å². The molecule has 3 rings (SSSR count). The van der Waals surface area contributed by atoms with Gasteiger partial charge in [0.25, 0.3) is 0 Å². The van der Waals surface area contributed by atoms with Crippen molar-refractivity contribution in [2.24, 2.45) is 0 Å². The van der Waals surface area contributed by atoms with Gasteiger partial charge in [0.15, 0.2) is 0 Å². The molecule has 23 heavy (non-hydrogen) atoms. The maximum absolute atomic E-state index is 13.0. The van der Waals surface area contributed by atoms with E-state index in [4.69, 9.17) is 0 Å². The summed E-state index contributed by atoms with van der Waals surface area (Å²) in [6.45, 7) is 0. The highest BCUT2D eigenvalue weighted by Crippen LogP contribution is 2.24. The van der Waals surface area contributed by atoms with Crippen LogP contribution in [0.4, 0.5) is 10.1 Å². The number of nitrogens with zero attached hydrogens (tertiary/aromatic N) is 2. The van der Waals surface area contributed by atoms with Crippen LogP contribution in [-0.2, 0) is 11.2 Å². The van der Waals surface area contributed by atoms with E-state index in [1.807, 2.05) is 35.7 Å². The number of halogens is 1. The Kier molecular flexibility index (Phi) is 4.48. The first kappa shape index (κ1) is 15.4. The van der Waals surface area contributed by atoms with Crippen LogP contribution in [0.25, 0.3) is 10.6 Å². The summed E-state index contributed by atoms with van der Waals surface area (Å²) in [5, 5.41) is 2.66. The van der Waals surface area contributed by atoms with Crippen LogP contribution in [-0.4, -0.2) is 17.9 Å². The number of hydrogen-bond acceptors (Lipinski definition) is 3. The summed E-state index contributed by atoms with van der Waals surface area (Å²) in [5.74, 6) is -0.294. The lowest BCUT2D eigenvalue weighted by molar-refractivity contribution is -0.117. The van der Waals surface area contributed by atoms with Gasteiger partial charge in [0.2, 0.25) is 5.91 Å². The second-order valence-electron chi connectivity index (χ2n) is 5.12. The molecule has 0 bridgehead atoms. The summed E-state index contributed by atoms with van der Waals surface area (Å²) < 4.78 is 13.0. The molecule has 3 aromatic rings. The molecule has 0 aliphatic carbocycles. The second kappa shape index (κ2) is 6.71. The predicted octanol–water partition coefficient (Wildman–Crippen LogP) is 4.15. The number of hydrogen-bond donors (Lipinski definition) is 0. The van der Waals surface area contributed by atoms with Gasteiger partial charge in [0.05, 0.1) is 12.1 Å². The summed E-state index contributed by atoms with van der Waals surface area (Å²) in [5.41, 5.74) is 2.43. The van der Waals surface area contributed by atoms with Gasteiger partial charge in [-0.2, -0.15) is 0 Å². The lowest BCUT2D eigenvalue weighted by Crippen LogP contribution is -2.27. The molecule has 0 aliphatic heterocycles. The van der Waals surface area contributed by atoms with E-state index in [2.05, 4.69) is 4.98 Å². The molecule has 1 aromatic heterocycles. The smallest absolute Gasteiger partial charge is 0.232 e. The molecule has 1 heterocycles. The lowest BCUT2D eigenvalue weighted by atomic mass is 10.2. The molecule has 0 saturated carbocycles. The van der Waals surface area contributed by atoms with Crippen molar-refractivity contribution in [3.63, 3.8) is 0 Å². The molecular weight excluding hydrogens is 311 g/mol. The third-order valence-electron chi connectivity index (χ3n) is 3.49. The van der Waals surface area contributed by atoms with Crippen LogP contribution in [0.2, 0.25) is 0 Å². The molecule has 0 saturated heterocycles. The zero-order valence-corrected chi connectivity index (χ0v) is 13.4. The van der Waals surface area contributed by atoms with E-state index >= 15 is 0 Å². The largest absolute Gasteiger partial charge is 0.315 e. The molecule has 5 heteroatoms. The summed E-state index contributed by atoms with van der Waals surface area (Å²) in [7, 11) is 1.75. The monoisotopic (exact) mass is 326 g/mol. The number of para-hydroxylation sites is 1. The van der Waals surface area contributed by atoms with Gasteiger partial charge in [-0.25, -0.2) is 9.37 Å². The molecule has 3 nitrogen and oxygen atoms in total.